The van der Waals surface area contributed by atoms with Crippen molar-refractivity contribution < 1.29 is 13.9 Å². The monoisotopic (exact) mass is 487 g/mol. The number of benzene rings is 2. The number of halogens is 1. The quantitative estimate of drug-likeness (QED) is 0.515. The van der Waals surface area contributed by atoms with Gasteiger partial charge in [-0.25, -0.2) is 4.98 Å². The number of ether oxygens (including phenoxy) is 1. The zero-order valence-corrected chi connectivity index (χ0v) is 18.7. The third kappa shape index (κ3) is 5.44. The van der Waals surface area contributed by atoms with Gasteiger partial charge < -0.3 is 19.4 Å². The minimum Gasteiger partial charge on any atom is -0.444 e. The molecule has 0 radical (unpaired) electrons. The molecule has 2 aromatic carbocycles. The molecule has 4 rings (SSSR count). The normalized spacial score (nSPS) is 14.0. The molecule has 1 aliphatic rings. The Balaban J connectivity index is 1.32. The van der Waals surface area contributed by atoms with Gasteiger partial charge >= 0.3 is 0 Å². The van der Waals surface area contributed by atoms with E-state index < -0.39 is 0 Å². The first kappa shape index (κ1) is 21.0. The second-order valence-corrected chi connectivity index (χ2v) is 8.71. The Morgan fingerprint density at radius 3 is 2.77 bits per heavy atom. The number of nitrogens with zero attached hydrogens (tertiary/aromatic N) is 2. The van der Waals surface area contributed by atoms with E-state index in [9.17, 15) is 4.79 Å². The highest BCUT2D eigenvalue weighted by Gasteiger charge is 2.17. The van der Waals surface area contributed by atoms with Crippen molar-refractivity contribution in [3.8, 4) is 11.5 Å². The molecule has 8 heteroatoms. The third-order valence-electron chi connectivity index (χ3n) is 4.64. The van der Waals surface area contributed by atoms with Gasteiger partial charge in [0.15, 0.2) is 0 Å². The van der Waals surface area contributed by atoms with Crippen molar-refractivity contribution in [1.82, 2.24) is 4.98 Å². The van der Waals surface area contributed by atoms with Gasteiger partial charge in [-0.05, 0) is 30.3 Å². The molecule has 30 heavy (non-hydrogen) atoms. The smallest absolute Gasteiger partial charge is 0.234 e. The average molecular weight is 488 g/mol. The number of carbonyl (C=O) groups is 1. The summed E-state index contributed by atoms with van der Waals surface area (Å²) < 4.78 is 11.9. The first-order chi connectivity index (χ1) is 14.7. The van der Waals surface area contributed by atoms with E-state index in [4.69, 9.17) is 9.15 Å². The van der Waals surface area contributed by atoms with E-state index in [1.165, 1.54) is 11.8 Å². The van der Waals surface area contributed by atoms with Gasteiger partial charge in [0.05, 0.1) is 36.0 Å². The van der Waals surface area contributed by atoms with Gasteiger partial charge in [0, 0.05) is 28.9 Å². The molecule has 3 aromatic rings. The van der Waals surface area contributed by atoms with Crippen LogP contribution in [0.3, 0.4) is 0 Å². The third-order valence-corrected chi connectivity index (χ3v) is 6.10. The molecule has 0 atom stereocenters. The molecule has 0 unspecified atom stereocenters. The van der Waals surface area contributed by atoms with Crippen molar-refractivity contribution in [1.29, 1.82) is 0 Å². The van der Waals surface area contributed by atoms with Crippen LogP contribution in [0.4, 0.5) is 11.4 Å². The van der Waals surface area contributed by atoms with Gasteiger partial charge in [0.25, 0.3) is 0 Å². The van der Waals surface area contributed by atoms with E-state index >= 15 is 0 Å². The minimum atomic E-state index is -0.0422. The predicted octanol–water partition coefficient (Wildman–Crippen LogP) is 4.81. The van der Waals surface area contributed by atoms with Gasteiger partial charge in [0.2, 0.25) is 11.8 Å². The second-order valence-electron chi connectivity index (χ2n) is 6.81. The maximum Gasteiger partial charge on any atom is 0.234 e. The topological polar surface area (TPSA) is 67.6 Å². The van der Waals surface area contributed by atoms with Crippen molar-refractivity contribution in [2.75, 3.05) is 42.3 Å². The first-order valence-corrected chi connectivity index (χ1v) is 11.6. The molecule has 1 saturated heterocycles. The van der Waals surface area contributed by atoms with Crippen molar-refractivity contribution in [3.05, 3.63) is 65.0 Å². The average Bonchev–Trinajstić information content (AvgIpc) is 3.24. The van der Waals surface area contributed by atoms with E-state index in [-0.39, 0.29) is 5.91 Å². The van der Waals surface area contributed by atoms with Gasteiger partial charge in [-0.2, -0.15) is 0 Å². The number of oxazole rings is 1. The zero-order valence-electron chi connectivity index (χ0n) is 16.3. The summed E-state index contributed by atoms with van der Waals surface area (Å²) in [5, 5.41) is 3.05. The Morgan fingerprint density at radius 1 is 1.17 bits per heavy atom. The number of hydrogen-bond acceptors (Lipinski definition) is 6. The van der Waals surface area contributed by atoms with Crippen molar-refractivity contribution in [2.24, 2.45) is 0 Å². The van der Waals surface area contributed by atoms with E-state index in [1.807, 2.05) is 48.5 Å². The molecule has 156 valence electrons. The first-order valence-electron chi connectivity index (χ1n) is 9.69. The van der Waals surface area contributed by atoms with Gasteiger partial charge in [-0.3, -0.25) is 4.79 Å². The number of carbonyl (C=O) groups excluding carboxylic acids is 1. The lowest BCUT2D eigenvalue weighted by molar-refractivity contribution is -0.113. The van der Waals surface area contributed by atoms with Crippen molar-refractivity contribution in [2.45, 2.75) is 5.75 Å². The van der Waals surface area contributed by atoms with Crippen LogP contribution in [0.15, 0.2) is 63.7 Å². The molecule has 1 aromatic heterocycles. The summed E-state index contributed by atoms with van der Waals surface area (Å²) in [7, 11) is 0. The molecule has 2 heterocycles. The molecule has 1 amide bonds. The molecular weight excluding hydrogens is 466 g/mol. The lowest BCUT2D eigenvalue weighted by Crippen LogP contribution is -2.36. The molecule has 6 nitrogen and oxygen atoms in total. The zero-order chi connectivity index (χ0) is 20.8. The Kier molecular flexibility index (Phi) is 7.09. The van der Waals surface area contributed by atoms with Crippen molar-refractivity contribution in [3.63, 3.8) is 0 Å². The summed E-state index contributed by atoms with van der Waals surface area (Å²) in [5.41, 5.74) is 3.59. The lowest BCUT2D eigenvalue weighted by Gasteiger charge is -2.30. The van der Waals surface area contributed by atoms with E-state index in [0.717, 1.165) is 40.2 Å². The van der Waals surface area contributed by atoms with E-state index in [0.29, 0.717) is 30.6 Å². The molecule has 0 aliphatic carbocycles. The number of hydrogen-bond donors (Lipinski definition) is 1. The van der Waals surface area contributed by atoms with Crippen LogP contribution < -0.4 is 10.2 Å². The molecule has 0 bridgehead atoms. The van der Waals surface area contributed by atoms with Crippen LogP contribution in [0.2, 0.25) is 0 Å². The Morgan fingerprint density at radius 2 is 1.97 bits per heavy atom. The van der Waals surface area contributed by atoms with Crippen LogP contribution in [-0.4, -0.2) is 42.9 Å². The van der Waals surface area contributed by atoms with E-state index in [2.05, 4.69) is 31.1 Å². The van der Waals surface area contributed by atoms with E-state index in [1.54, 1.807) is 6.26 Å². The van der Waals surface area contributed by atoms with Gasteiger partial charge in [0.1, 0.15) is 6.26 Å². The number of anilines is 2. The number of thioether (sulfide) groups is 1. The lowest BCUT2D eigenvalue weighted by atomic mass is 10.2. The van der Waals surface area contributed by atoms with Crippen molar-refractivity contribution >= 4 is 45.0 Å². The molecular formula is C22H22BrN3O3S. The Hall–Kier alpha value is -2.29. The fourth-order valence-corrected chi connectivity index (χ4v) is 4.27. The number of nitrogens with one attached hydrogen (secondary N) is 1. The minimum absolute atomic E-state index is 0.0422. The van der Waals surface area contributed by atoms with Crippen LogP contribution in [0.1, 0.15) is 5.69 Å². The second kappa shape index (κ2) is 10.1. The van der Waals surface area contributed by atoms with Crippen LogP contribution >= 0.6 is 27.7 Å². The summed E-state index contributed by atoms with van der Waals surface area (Å²) in [5.74, 6) is 1.50. The Bertz CT molecular complexity index is 990. The van der Waals surface area contributed by atoms with Crippen LogP contribution in [0, 0.1) is 0 Å². The standard InChI is InChI=1S/C22H22BrN3O3S/c23-17-6-7-20(26-8-10-28-11-9-26)19(12-17)25-21(27)15-30-14-18-13-29-22(24-18)16-4-2-1-3-5-16/h1-7,12-13H,8-11,14-15H2,(H,25,27). The highest BCUT2D eigenvalue weighted by Crippen LogP contribution is 2.30. The SMILES string of the molecule is O=C(CSCc1coc(-c2ccccc2)n1)Nc1cc(Br)ccc1N1CCOCC1. The maximum absolute atomic E-state index is 12.5. The molecule has 0 spiro atoms. The summed E-state index contributed by atoms with van der Waals surface area (Å²) in [4.78, 5) is 19.3. The van der Waals surface area contributed by atoms with Crippen LogP contribution in [-0.2, 0) is 15.3 Å². The molecule has 1 fully saturated rings. The molecule has 1 aliphatic heterocycles. The fraction of sp³-hybridized carbons (Fsp3) is 0.273. The molecule has 1 N–H and O–H groups in total. The highest BCUT2D eigenvalue weighted by atomic mass is 79.9. The summed E-state index contributed by atoms with van der Waals surface area (Å²) >= 11 is 5.00. The van der Waals surface area contributed by atoms with Crippen LogP contribution in [0.5, 0.6) is 0 Å². The number of aromatic nitrogens is 1. The molecule has 0 saturated carbocycles. The predicted molar refractivity (Wildman–Crippen MR) is 124 cm³/mol. The van der Waals surface area contributed by atoms with Crippen LogP contribution in [0.25, 0.3) is 11.5 Å². The van der Waals surface area contributed by atoms with Gasteiger partial charge in [-0.1, -0.05) is 34.1 Å². The summed E-state index contributed by atoms with van der Waals surface area (Å²) in [6.07, 6.45) is 1.65. The highest BCUT2D eigenvalue weighted by molar-refractivity contribution is 9.10. The van der Waals surface area contributed by atoms with Gasteiger partial charge in [-0.15, -0.1) is 11.8 Å². The summed E-state index contributed by atoms with van der Waals surface area (Å²) in [6.45, 7) is 3.02. The number of amides is 1. The maximum atomic E-state index is 12.5. The number of rotatable bonds is 7. The summed E-state index contributed by atoms with van der Waals surface area (Å²) in [6, 6.07) is 15.7. The largest absolute Gasteiger partial charge is 0.444 e. The number of morpholine rings is 1. The Labute approximate surface area is 188 Å². The fourth-order valence-electron chi connectivity index (χ4n) is 3.21.